The van der Waals surface area contributed by atoms with Crippen LogP contribution in [0.5, 0.6) is 5.75 Å². The Morgan fingerprint density at radius 2 is 2.00 bits per heavy atom. The topological polar surface area (TPSA) is 43.6 Å². The lowest BCUT2D eigenvalue weighted by Crippen LogP contribution is -2.29. The van der Waals surface area contributed by atoms with Gasteiger partial charge in [0.05, 0.1) is 11.1 Å². The highest BCUT2D eigenvalue weighted by Gasteiger charge is 2.10. The third-order valence-corrected chi connectivity index (χ3v) is 5.27. The van der Waals surface area contributed by atoms with Gasteiger partial charge in [-0.25, -0.2) is 0 Å². The molecule has 4 rings (SSSR count). The number of hydrogen-bond acceptors (Lipinski definition) is 4. The summed E-state index contributed by atoms with van der Waals surface area (Å²) in [6, 6.07) is 15.3. The van der Waals surface area contributed by atoms with Crippen LogP contribution in [0.4, 0.5) is 0 Å². The maximum Gasteiger partial charge on any atom is 0.270 e. The Balaban J connectivity index is 1.64. The lowest BCUT2D eigenvalue weighted by Gasteiger charge is -2.09. The SMILES string of the molecule is O=c1/c(=C/c2ccccc2OCc2ccc(Cl)cc2)sc2n1CCN=2. The van der Waals surface area contributed by atoms with E-state index in [1.165, 1.54) is 11.3 Å². The normalized spacial score (nSPS) is 13.6. The van der Waals surface area contributed by atoms with Gasteiger partial charge in [-0.15, -0.1) is 0 Å². The van der Waals surface area contributed by atoms with Crippen LogP contribution in [0.1, 0.15) is 11.1 Å². The van der Waals surface area contributed by atoms with Crippen molar-refractivity contribution in [1.29, 1.82) is 0 Å². The molecule has 0 fully saturated rings. The molecule has 0 radical (unpaired) electrons. The maximum atomic E-state index is 12.4. The van der Waals surface area contributed by atoms with Crippen molar-refractivity contribution in [3.8, 4) is 5.75 Å². The van der Waals surface area contributed by atoms with Crippen LogP contribution in [0.25, 0.3) is 6.08 Å². The summed E-state index contributed by atoms with van der Waals surface area (Å²) in [5.41, 5.74) is 1.94. The van der Waals surface area contributed by atoms with E-state index in [-0.39, 0.29) is 5.56 Å². The number of benzene rings is 2. The van der Waals surface area contributed by atoms with E-state index in [2.05, 4.69) is 4.99 Å². The molecule has 126 valence electrons. The Kier molecular flexibility index (Phi) is 4.42. The van der Waals surface area contributed by atoms with E-state index in [4.69, 9.17) is 16.3 Å². The molecule has 0 unspecified atom stereocenters. The molecule has 1 aromatic heterocycles. The minimum absolute atomic E-state index is 0.0220. The molecule has 4 nitrogen and oxygen atoms in total. The van der Waals surface area contributed by atoms with Gasteiger partial charge in [0.1, 0.15) is 12.4 Å². The highest BCUT2D eigenvalue weighted by atomic mass is 35.5. The van der Waals surface area contributed by atoms with Gasteiger partial charge in [0.2, 0.25) is 0 Å². The highest BCUT2D eigenvalue weighted by Crippen LogP contribution is 2.20. The first-order valence-electron chi connectivity index (χ1n) is 7.93. The van der Waals surface area contributed by atoms with Gasteiger partial charge in [-0.2, -0.15) is 0 Å². The Labute approximate surface area is 153 Å². The number of halogens is 1. The molecule has 0 bridgehead atoms. The van der Waals surface area contributed by atoms with E-state index in [0.29, 0.717) is 29.3 Å². The summed E-state index contributed by atoms with van der Waals surface area (Å²) < 4.78 is 8.36. The number of thiazole rings is 1. The predicted octanol–water partition coefficient (Wildman–Crippen LogP) is 2.60. The molecule has 2 aromatic carbocycles. The number of rotatable bonds is 4. The van der Waals surface area contributed by atoms with Gasteiger partial charge in [-0.1, -0.05) is 53.3 Å². The Morgan fingerprint density at radius 1 is 1.20 bits per heavy atom. The van der Waals surface area contributed by atoms with Crippen molar-refractivity contribution < 1.29 is 4.74 Å². The number of nitrogens with zero attached hydrogens (tertiary/aromatic N) is 2. The Morgan fingerprint density at radius 3 is 2.80 bits per heavy atom. The van der Waals surface area contributed by atoms with E-state index in [1.807, 2.05) is 54.6 Å². The van der Waals surface area contributed by atoms with Crippen LogP contribution >= 0.6 is 22.9 Å². The van der Waals surface area contributed by atoms with Crippen molar-refractivity contribution >= 4 is 29.0 Å². The number of para-hydroxylation sites is 1. The first-order chi connectivity index (χ1) is 12.2. The molecule has 1 aliphatic heterocycles. The summed E-state index contributed by atoms with van der Waals surface area (Å²) in [4.78, 5) is 17.6. The van der Waals surface area contributed by atoms with Crippen molar-refractivity contribution in [1.82, 2.24) is 4.57 Å². The molecule has 0 spiro atoms. The lowest BCUT2D eigenvalue weighted by molar-refractivity contribution is 0.305. The number of ether oxygens (including phenoxy) is 1. The molecule has 2 heterocycles. The van der Waals surface area contributed by atoms with Crippen LogP contribution < -0.4 is 19.6 Å². The van der Waals surface area contributed by atoms with Gasteiger partial charge >= 0.3 is 0 Å². The molecule has 25 heavy (non-hydrogen) atoms. The predicted molar refractivity (Wildman–Crippen MR) is 100 cm³/mol. The Hall–Kier alpha value is -2.37. The van der Waals surface area contributed by atoms with Gasteiger partial charge in [-0.3, -0.25) is 14.4 Å². The third-order valence-electron chi connectivity index (χ3n) is 3.97. The zero-order chi connectivity index (χ0) is 17.2. The monoisotopic (exact) mass is 370 g/mol. The van der Waals surface area contributed by atoms with E-state index in [1.54, 1.807) is 4.57 Å². The van der Waals surface area contributed by atoms with Crippen LogP contribution in [0.15, 0.2) is 58.3 Å². The largest absolute Gasteiger partial charge is 0.488 e. The minimum Gasteiger partial charge on any atom is -0.488 e. The molecular formula is C19H15ClN2O2S. The van der Waals surface area contributed by atoms with Crippen LogP contribution in [0.3, 0.4) is 0 Å². The number of hydrogen-bond donors (Lipinski definition) is 0. The van der Waals surface area contributed by atoms with E-state index < -0.39 is 0 Å². The summed E-state index contributed by atoms with van der Waals surface area (Å²) in [6.45, 7) is 1.81. The fraction of sp³-hybridized carbons (Fsp3) is 0.158. The summed E-state index contributed by atoms with van der Waals surface area (Å²) in [7, 11) is 0. The van der Waals surface area contributed by atoms with Crippen molar-refractivity contribution in [2.75, 3.05) is 6.54 Å². The van der Waals surface area contributed by atoms with E-state index in [9.17, 15) is 4.79 Å². The third kappa shape index (κ3) is 3.38. The average Bonchev–Trinajstić information content (AvgIpc) is 3.19. The summed E-state index contributed by atoms with van der Waals surface area (Å²) in [6.07, 6.45) is 1.88. The second-order valence-electron chi connectivity index (χ2n) is 5.68. The van der Waals surface area contributed by atoms with Gasteiger partial charge in [0.15, 0.2) is 4.80 Å². The molecule has 0 atom stereocenters. The standard InChI is InChI=1S/C19H15ClN2O2S/c20-15-7-5-13(6-8-15)12-24-16-4-2-1-3-14(16)11-17-18(23)22-10-9-21-19(22)25-17/h1-8,11H,9-10,12H2/b17-11-. The number of fused-ring (bicyclic) bond motifs is 1. The summed E-state index contributed by atoms with van der Waals surface area (Å²) in [5, 5.41) is 0.703. The fourth-order valence-corrected chi connectivity index (χ4v) is 3.83. The average molecular weight is 371 g/mol. The zero-order valence-corrected chi connectivity index (χ0v) is 14.9. The van der Waals surface area contributed by atoms with Crippen LogP contribution in [-0.2, 0) is 13.2 Å². The molecule has 0 amide bonds. The van der Waals surface area contributed by atoms with Gasteiger partial charge in [-0.05, 0) is 29.8 Å². The molecule has 0 N–H and O–H groups in total. The second kappa shape index (κ2) is 6.86. The maximum absolute atomic E-state index is 12.4. The molecular weight excluding hydrogens is 356 g/mol. The Bertz CT molecular complexity index is 1080. The first-order valence-corrected chi connectivity index (χ1v) is 9.12. The first kappa shape index (κ1) is 16.1. The second-order valence-corrected chi connectivity index (χ2v) is 7.13. The molecule has 0 saturated heterocycles. The van der Waals surface area contributed by atoms with E-state index in [0.717, 1.165) is 21.7 Å². The molecule has 6 heteroatoms. The van der Waals surface area contributed by atoms with Gasteiger partial charge < -0.3 is 4.74 Å². The highest BCUT2D eigenvalue weighted by molar-refractivity contribution is 7.07. The molecule has 3 aromatic rings. The van der Waals surface area contributed by atoms with Gasteiger partial charge in [0.25, 0.3) is 5.56 Å². The lowest BCUT2D eigenvalue weighted by atomic mass is 10.2. The summed E-state index contributed by atoms with van der Waals surface area (Å²) >= 11 is 7.33. The van der Waals surface area contributed by atoms with Crippen molar-refractivity contribution in [2.45, 2.75) is 13.2 Å². The van der Waals surface area contributed by atoms with Crippen molar-refractivity contribution in [3.63, 3.8) is 0 Å². The minimum atomic E-state index is 0.0220. The zero-order valence-electron chi connectivity index (χ0n) is 13.3. The smallest absolute Gasteiger partial charge is 0.270 e. The van der Waals surface area contributed by atoms with Crippen molar-refractivity contribution in [2.24, 2.45) is 4.99 Å². The van der Waals surface area contributed by atoms with E-state index >= 15 is 0 Å². The quantitative estimate of drug-likeness (QED) is 0.708. The number of aromatic nitrogens is 1. The summed E-state index contributed by atoms with van der Waals surface area (Å²) in [5.74, 6) is 0.743. The molecule has 0 aliphatic carbocycles. The fourth-order valence-electron chi connectivity index (χ4n) is 2.68. The van der Waals surface area contributed by atoms with Crippen LogP contribution in [0, 0.1) is 0 Å². The van der Waals surface area contributed by atoms with Crippen molar-refractivity contribution in [3.05, 3.63) is 84.4 Å². The van der Waals surface area contributed by atoms with Gasteiger partial charge in [0, 0.05) is 17.1 Å². The van der Waals surface area contributed by atoms with Crippen LogP contribution in [0.2, 0.25) is 5.02 Å². The van der Waals surface area contributed by atoms with Crippen LogP contribution in [-0.4, -0.2) is 11.1 Å². The molecule has 0 saturated carbocycles. The molecule has 1 aliphatic rings.